The minimum atomic E-state index is -0.233. The molecule has 0 atom stereocenters. The number of nitrogens with zero attached hydrogens (tertiary/aromatic N) is 2. The van der Waals surface area contributed by atoms with Gasteiger partial charge in [-0.2, -0.15) is 0 Å². The molecule has 2 aliphatic rings. The van der Waals surface area contributed by atoms with Crippen molar-refractivity contribution >= 4 is 17.4 Å². The molecule has 0 radical (unpaired) electrons. The molecule has 0 spiro atoms. The molecule has 0 bridgehead atoms. The van der Waals surface area contributed by atoms with Crippen LogP contribution >= 0.6 is 0 Å². The Labute approximate surface area is 136 Å². The second kappa shape index (κ2) is 7.11. The summed E-state index contributed by atoms with van der Waals surface area (Å²) >= 11 is 0. The zero-order valence-electron chi connectivity index (χ0n) is 13.0. The summed E-state index contributed by atoms with van der Waals surface area (Å²) in [6.07, 6.45) is 3.28. The quantitative estimate of drug-likeness (QED) is 0.767. The molecule has 6 heteroatoms. The van der Waals surface area contributed by atoms with Gasteiger partial charge in [-0.3, -0.25) is 4.79 Å². The number of allylic oxidation sites excluding steroid dienone is 1. The summed E-state index contributed by atoms with van der Waals surface area (Å²) in [6, 6.07) is 8.28. The number of carbonyl (C=O) groups is 1. The predicted molar refractivity (Wildman–Crippen MR) is 92.2 cm³/mol. The molecule has 0 saturated carbocycles. The van der Waals surface area contributed by atoms with Crippen LogP contribution in [0.1, 0.15) is 5.56 Å². The minimum absolute atomic E-state index is 0.233. The number of piperazine rings is 1. The van der Waals surface area contributed by atoms with Gasteiger partial charge in [0.05, 0.1) is 0 Å². The van der Waals surface area contributed by atoms with Gasteiger partial charge in [-0.25, -0.2) is 4.99 Å². The molecule has 23 heavy (non-hydrogen) atoms. The smallest absolute Gasteiger partial charge is 0.287 e. The van der Waals surface area contributed by atoms with E-state index in [1.54, 1.807) is 12.3 Å². The lowest BCUT2D eigenvalue weighted by Gasteiger charge is -2.29. The second-order valence-corrected chi connectivity index (χ2v) is 5.53. The Balaban J connectivity index is 1.60. The fraction of sp³-hybridized carbons (Fsp3) is 0.294. The van der Waals surface area contributed by atoms with Crippen molar-refractivity contribution in [2.24, 2.45) is 4.99 Å². The van der Waals surface area contributed by atoms with Crippen molar-refractivity contribution in [3.63, 3.8) is 0 Å². The van der Waals surface area contributed by atoms with Gasteiger partial charge in [-0.05, 0) is 23.8 Å². The van der Waals surface area contributed by atoms with Crippen molar-refractivity contribution in [1.82, 2.24) is 16.0 Å². The predicted octanol–water partition coefficient (Wildman–Crippen LogP) is 0.741. The van der Waals surface area contributed by atoms with Gasteiger partial charge in [0.2, 0.25) is 0 Å². The van der Waals surface area contributed by atoms with Crippen LogP contribution in [0, 0.1) is 0 Å². The lowest BCUT2D eigenvalue weighted by molar-refractivity contribution is -0.115. The first kappa shape index (κ1) is 15.3. The molecule has 2 aliphatic heterocycles. The van der Waals surface area contributed by atoms with Crippen LogP contribution in [-0.2, 0) is 11.3 Å². The van der Waals surface area contributed by atoms with Crippen molar-refractivity contribution < 1.29 is 4.79 Å². The maximum atomic E-state index is 12.1. The zero-order chi connectivity index (χ0) is 16.1. The summed E-state index contributed by atoms with van der Waals surface area (Å²) in [5.74, 6) is 0.0406. The lowest BCUT2D eigenvalue weighted by Crippen LogP contribution is -2.43. The molecule has 1 fully saturated rings. The summed E-state index contributed by atoms with van der Waals surface area (Å²) in [7, 11) is 0. The highest BCUT2D eigenvalue weighted by Crippen LogP contribution is 2.16. The first-order chi connectivity index (χ1) is 11.2. The van der Waals surface area contributed by atoms with Gasteiger partial charge >= 0.3 is 0 Å². The number of carbonyl (C=O) groups excluding carboxylic acids is 1. The molecule has 6 nitrogen and oxygen atoms in total. The summed E-state index contributed by atoms with van der Waals surface area (Å²) in [6.45, 7) is 8.24. The molecule has 2 heterocycles. The Morgan fingerprint density at radius 2 is 2.17 bits per heavy atom. The van der Waals surface area contributed by atoms with Crippen molar-refractivity contribution in [1.29, 1.82) is 0 Å². The fourth-order valence-electron chi connectivity index (χ4n) is 2.60. The molecule has 1 amide bonds. The van der Waals surface area contributed by atoms with Gasteiger partial charge in [0.25, 0.3) is 5.91 Å². The minimum Gasteiger partial charge on any atom is -0.369 e. The van der Waals surface area contributed by atoms with E-state index in [9.17, 15) is 4.79 Å². The van der Waals surface area contributed by atoms with E-state index in [1.807, 2.05) is 12.1 Å². The van der Waals surface area contributed by atoms with Crippen molar-refractivity contribution in [2.45, 2.75) is 6.54 Å². The monoisotopic (exact) mass is 311 g/mol. The zero-order valence-corrected chi connectivity index (χ0v) is 13.0. The van der Waals surface area contributed by atoms with Crippen LogP contribution in [-0.4, -0.2) is 37.9 Å². The molecular weight excluding hydrogens is 290 g/mol. The average molecular weight is 311 g/mol. The van der Waals surface area contributed by atoms with Crippen LogP contribution in [0.25, 0.3) is 0 Å². The molecule has 1 aromatic carbocycles. The lowest BCUT2D eigenvalue weighted by atomic mass is 10.1. The van der Waals surface area contributed by atoms with E-state index in [2.05, 4.69) is 44.6 Å². The Morgan fingerprint density at radius 3 is 2.96 bits per heavy atom. The third kappa shape index (κ3) is 3.98. The van der Waals surface area contributed by atoms with E-state index < -0.39 is 0 Å². The number of hydrogen-bond donors (Lipinski definition) is 3. The molecule has 3 N–H and O–H groups in total. The van der Waals surface area contributed by atoms with E-state index in [4.69, 9.17) is 0 Å². The van der Waals surface area contributed by atoms with Gasteiger partial charge < -0.3 is 20.9 Å². The fourth-order valence-corrected chi connectivity index (χ4v) is 2.60. The number of nitrogens with one attached hydrogen (secondary N) is 3. The number of hydrogen-bond acceptors (Lipinski definition) is 5. The van der Waals surface area contributed by atoms with Crippen molar-refractivity contribution in [3.05, 3.63) is 54.4 Å². The Morgan fingerprint density at radius 1 is 1.35 bits per heavy atom. The molecule has 0 unspecified atom stereocenters. The van der Waals surface area contributed by atoms with Gasteiger partial charge in [-0.15, -0.1) is 0 Å². The number of anilines is 1. The molecule has 0 aromatic heterocycles. The first-order valence-corrected chi connectivity index (χ1v) is 7.75. The van der Waals surface area contributed by atoms with Crippen LogP contribution in [0.3, 0.4) is 0 Å². The third-order valence-corrected chi connectivity index (χ3v) is 3.82. The van der Waals surface area contributed by atoms with E-state index in [-0.39, 0.29) is 11.7 Å². The van der Waals surface area contributed by atoms with E-state index in [1.165, 1.54) is 5.69 Å². The van der Waals surface area contributed by atoms with Crippen LogP contribution < -0.4 is 20.9 Å². The van der Waals surface area contributed by atoms with Crippen LogP contribution in [0.2, 0.25) is 0 Å². The molecule has 1 saturated heterocycles. The standard InChI is InChI=1S/C17H21N5O/c1-13-5-6-19-16(21-13)17(23)20-12-14-3-2-4-15(11-14)22-9-7-18-8-10-22/h2-6,11,18H,1,7-10,12H2,(H,19,21)(H,20,23). The van der Waals surface area contributed by atoms with Gasteiger partial charge in [0.15, 0.2) is 5.84 Å². The number of benzene rings is 1. The van der Waals surface area contributed by atoms with E-state index in [0.29, 0.717) is 12.2 Å². The van der Waals surface area contributed by atoms with E-state index >= 15 is 0 Å². The third-order valence-electron chi connectivity index (χ3n) is 3.82. The summed E-state index contributed by atoms with van der Waals surface area (Å²) in [4.78, 5) is 18.5. The van der Waals surface area contributed by atoms with Crippen molar-refractivity contribution in [3.8, 4) is 0 Å². The van der Waals surface area contributed by atoms with Crippen LogP contribution in [0.5, 0.6) is 0 Å². The molecule has 1 aromatic rings. The maximum absolute atomic E-state index is 12.1. The highest BCUT2D eigenvalue weighted by atomic mass is 16.2. The second-order valence-electron chi connectivity index (χ2n) is 5.53. The average Bonchev–Trinajstić information content (AvgIpc) is 2.61. The van der Waals surface area contributed by atoms with Crippen LogP contribution in [0.15, 0.2) is 53.8 Å². The highest BCUT2D eigenvalue weighted by molar-refractivity contribution is 6.38. The largest absolute Gasteiger partial charge is 0.369 e. The van der Waals surface area contributed by atoms with Gasteiger partial charge in [-0.1, -0.05) is 18.7 Å². The van der Waals surface area contributed by atoms with Gasteiger partial charge in [0.1, 0.15) is 0 Å². The highest BCUT2D eigenvalue weighted by Gasteiger charge is 2.14. The summed E-state index contributed by atoms with van der Waals surface area (Å²) in [5.41, 5.74) is 2.92. The number of rotatable bonds is 4. The Bertz CT molecular complexity index is 659. The number of aliphatic imine (C=N–C) groups is 1. The maximum Gasteiger partial charge on any atom is 0.287 e. The molecule has 0 aliphatic carbocycles. The van der Waals surface area contributed by atoms with Crippen LogP contribution in [0.4, 0.5) is 5.69 Å². The Hall–Kier alpha value is -2.60. The van der Waals surface area contributed by atoms with Crippen molar-refractivity contribution in [2.75, 3.05) is 31.1 Å². The summed E-state index contributed by atoms with van der Waals surface area (Å²) < 4.78 is 0. The number of amides is 1. The number of amidine groups is 1. The summed E-state index contributed by atoms with van der Waals surface area (Å²) in [5, 5.41) is 9.09. The molecular formula is C17H21N5O. The Kier molecular flexibility index (Phi) is 4.73. The SMILES string of the molecule is C=C1C=CN=C(C(=O)NCc2cccc(N3CCNCC3)c2)N1. The molecule has 120 valence electrons. The first-order valence-electron chi connectivity index (χ1n) is 7.75. The van der Waals surface area contributed by atoms with E-state index in [0.717, 1.165) is 31.7 Å². The molecule has 3 rings (SSSR count). The van der Waals surface area contributed by atoms with Gasteiger partial charge in [0, 0.05) is 50.3 Å². The topological polar surface area (TPSA) is 68.8 Å². The normalized spacial score (nSPS) is 17.5.